The molecule has 2 aromatic heterocycles. The number of methoxy groups -OCH3 is 1. The van der Waals surface area contributed by atoms with E-state index in [2.05, 4.69) is 27.1 Å². The third-order valence-electron chi connectivity index (χ3n) is 5.37. The summed E-state index contributed by atoms with van der Waals surface area (Å²) in [6, 6.07) is 13.9. The Hall–Kier alpha value is -3.80. The summed E-state index contributed by atoms with van der Waals surface area (Å²) in [6.45, 7) is 3.87. The molecule has 31 heavy (non-hydrogen) atoms. The van der Waals surface area contributed by atoms with Crippen LogP contribution in [0.3, 0.4) is 0 Å². The summed E-state index contributed by atoms with van der Waals surface area (Å²) < 4.78 is 5.38. The Morgan fingerprint density at radius 1 is 0.968 bits per heavy atom. The largest absolute Gasteiger partial charge is 0.496 e. The zero-order valence-corrected chi connectivity index (χ0v) is 17.8. The summed E-state index contributed by atoms with van der Waals surface area (Å²) in [4.78, 5) is 25.0. The lowest BCUT2D eigenvalue weighted by Gasteiger charge is -2.12. The van der Waals surface area contributed by atoms with Gasteiger partial charge >= 0.3 is 0 Å². The normalized spacial score (nSPS) is 10.9. The first-order valence-electron chi connectivity index (χ1n) is 10.1. The molecule has 0 aliphatic carbocycles. The molecular weight excluding hydrogens is 388 g/mol. The van der Waals surface area contributed by atoms with Crippen molar-refractivity contribution in [1.29, 1.82) is 0 Å². The Morgan fingerprint density at radius 2 is 1.71 bits per heavy atom. The molecule has 156 valence electrons. The molecule has 0 aliphatic rings. The van der Waals surface area contributed by atoms with E-state index in [1.807, 2.05) is 50.5 Å². The molecule has 6 nitrogen and oxygen atoms in total. The fraction of sp³-hybridized carbons (Fsp3) is 0.200. The second-order valence-electron chi connectivity index (χ2n) is 7.59. The Bertz CT molecular complexity index is 1270. The Morgan fingerprint density at radius 3 is 2.39 bits per heavy atom. The zero-order valence-electron chi connectivity index (χ0n) is 17.8. The number of nitrogens with zero attached hydrogens (tertiary/aromatic N) is 3. The van der Waals surface area contributed by atoms with Crippen molar-refractivity contribution in [3.63, 3.8) is 0 Å². The summed E-state index contributed by atoms with van der Waals surface area (Å²) >= 11 is 0. The topological polar surface area (TPSA) is 91.0 Å². The first kappa shape index (κ1) is 20.5. The van der Waals surface area contributed by atoms with Gasteiger partial charge in [0.2, 0.25) is 0 Å². The minimum absolute atomic E-state index is 0.250. The zero-order chi connectivity index (χ0) is 22.0. The van der Waals surface area contributed by atoms with Crippen LogP contribution in [-0.4, -0.2) is 28.0 Å². The van der Waals surface area contributed by atoms with Gasteiger partial charge in [-0.1, -0.05) is 18.2 Å². The maximum atomic E-state index is 11.9. The van der Waals surface area contributed by atoms with Crippen LogP contribution in [0.15, 0.2) is 54.9 Å². The minimum atomic E-state index is -0.546. The number of primary amides is 1. The number of nitrogens with two attached hydrogens (primary N) is 1. The van der Waals surface area contributed by atoms with Crippen molar-refractivity contribution in [1.82, 2.24) is 15.0 Å². The number of pyridine rings is 1. The number of hydrogen-bond acceptors (Lipinski definition) is 5. The highest BCUT2D eigenvalue weighted by molar-refractivity contribution is 6.01. The first-order valence-corrected chi connectivity index (χ1v) is 10.1. The molecule has 0 unspecified atom stereocenters. The van der Waals surface area contributed by atoms with Gasteiger partial charge in [0, 0.05) is 17.8 Å². The average Bonchev–Trinajstić information content (AvgIpc) is 2.77. The number of ether oxygens (including phenoxy) is 1. The SMILES string of the molecule is COc1ccc(-c2cc(C(N)=O)nc3cc(CCc4cnc(C)nc4)ccc23)cc1C. The molecule has 0 saturated heterocycles. The van der Waals surface area contributed by atoms with Crippen molar-refractivity contribution in [2.75, 3.05) is 7.11 Å². The average molecular weight is 412 g/mol. The monoisotopic (exact) mass is 412 g/mol. The van der Waals surface area contributed by atoms with E-state index in [0.717, 1.165) is 63.1 Å². The standard InChI is InChI=1S/C25H24N4O2/c1-15-10-19(7-9-24(15)31-3)21-12-23(25(26)30)29-22-11-17(6-8-20(21)22)4-5-18-13-27-16(2)28-14-18/h6-14H,4-5H2,1-3H3,(H2,26,30). The summed E-state index contributed by atoms with van der Waals surface area (Å²) in [7, 11) is 1.65. The molecule has 1 amide bonds. The molecule has 0 bridgehead atoms. The van der Waals surface area contributed by atoms with Gasteiger partial charge in [0.15, 0.2) is 0 Å². The molecule has 6 heteroatoms. The molecule has 4 aromatic rings. The van der Waals surface area contributed by atoms with Crippen LogP contribution in [0.25, 0.3) is 22.0 Å². The van der Waals surface area contributed by atoms with Gasteiger partial charge in [-0.3, -0.25) is 4.79 Å². The van der Waals surface area contributed by atoms with E-state index in [0.29, 0.717) is 0 Å². The molecule has 0 atom stereocenters. The van der Waals surface area contributed by atoms with Gasteiger partial charge < -0.3 is 10.5 Å². The number of hydrogen-bond donors (Lipinski definition) is 1. The van der Waals surface area contributed by atoms with Crippen LogP contribution in [0.1, 0.15) is 33.0 Å². The molecule has 4 rings (SSSR count). The smallest absolute Gasteiger partial charge is 0.267 e. The van der Waals surface area contributed by atoms with Crippen molar-refractivity contribution >= 4 is 16.8 Å². The van der Waals surface area contributed by atoms with Crippen LogP contribution in [0.4, 0.5) is 0 Å². The molecule has 0 aliphatic heterocycles. The third kappa shape index (κ3) is 4.38. The number of carbonyl (C=O) groups excluding carboxylic acids is 1. The summed E-state index contributed by atoms with van der Waals surface area (Å²) in [6.07, 6.45) is 5.36. The summed E-state index contributed by atoms with van der Waals surface area (Å²) in [5.74, 6) is 1.04. The molecule has 2 aromatic carbocycles. The Kier molecular flexibility index (Phi) is 5.62. The van der Waals surface area contributed by atoms with Crippen molar-refractivity contribution < 1.29 is 9.53 Å². The maximum absolute atomic E-state index is 11.9. The van der Waals surface area contributed by atoms with E-state index in [1.54, 1.807) is 13.2 Å². The first-order chi connectivity index (χ1) is 14.9. The predicted molar refractivity (Wildman–Crippen MR) is 121 cm³/mol. The predicted octanol–water partition coefficient (Wildman–Crippen LogP) is 4.20. The van der Waals surface area contributed by atoms with Crippen molar-refractivity contribution in [3.05, 3.63) is 83.1 Å². The number of aromatic nitrogens is 3. The van der Waals surface area contributed by atoms with Gasteiger partial charge in [0.05, 0.1) is 12.6 Å². The molecule has 0 fully saturated rings. The van der Waals surface area contributed by atoms with E-state index < -0.39 is 5.91 Å². The van der Waals surface area contributed by atoms with Crippen molar-refractivity contribution in [3.8, 4) is 16.9 Å². The van der Waals surface area contributed by atoms with Crippen LogP contribution in [0.5, 0.6) is 5.75 Å². The van der Waals surface area contributed by atoms with Crippen molar-refractivity contribution in [2.24, 2.45) is 5.73 Å². The molecule has 2 heterocycles. The summed E-state index contributed by atoms with van der Waals surface area (Å²) in [5, 5.41) is 0.969. The van der Waals surface area contributed by atoms with Crippen LogP contribution in [0.2, 0.25) is 0 Å². The second kappa shape index (κ2) is 8.52. The van der Waals surface area contributed by atoms with E-state index in [4.69, 9.17) is 10.5 Å². The highest BCUT2D eigenvalue weighted by Crippen LogP contribution is 2.32. The second-order valence-corrected chi connectivity index (χ2v) is 7.59. The minimum Gasteiger partial charge on any atom is -0.496 e. The lowest BCUT2D eigenvalue weighted by Crippen LogP contribution is -2.13. The van der Waals surface area contributed by atoms with Crippen LogP contribution >= 0.6 is 0 Å². The van der Waals surface area contributed by atoms with Crippen LogP contribution in [-0.2, 0) is 12.8 Å². The third-order valence-corrected chi connectivity index (χ3v) is 5.37. The quantitative estimate of drug-likeness (QED) is 0.512. The number of fused-ring (bicyclic) bond motifs is 1. The number of amides is 1. The molecular formula is C25H24N4O2. The summed E-state index contributed by atoms with van der Waals surface area (Å²) in [5.41, 5.74) is 11.7. The van der Waals surface area contributed by atoms with Crippen LogP contribution < -0.4 is 10.5 Å². The van der Waals surface area contributed by atoms with E-state index in [9.17, 15) is 4.79 Å². The van der Waals surface area contributed by atoms with Gasteiger partial charge in [-0.2, -0.15) is 0 Å². The maximum Gasteiger partial charge on any atom is 0.267 e. The molecule has 0 saturated carbocycles. The van der Waals surface area contributed by atoms with E-state index in [1.165, 1.54) is 0 Å². The highest BCUT2D eigenvalue weighted by atomic mass is 16.5. The molecule has 0 spiro atoms. The van der Waals surface area contributed by atoms with E-state index >= 15 is 0 Å². The molecule has 2 N–H and O–H groups in total. The number of benzene rings is 2. The van der Waals surface area contributed by atoms with Crippen molar-refractivity contribution in [2.45, 2.75) is 26.7 Å². The number of carbonyl (C=O) groups is 1. The Labute approximate surface area is 181 Å². The van der Waals surface area contributed by atoms with Gasteiger partial charge in [0.1, 0.15) is 17.3 Å². The fourth-order valence-corrected chi connectivity index (χ4v) is 3.68. The number of rotatable bonds is 6. The fourth-order valence-electron chi connectivity index (χ4n) is 3.68. The van der Waals surface area contributed by atoms with Gasteiger partial charge in [-0.25, -0.2) is 15.0 Å². The Balaban J connectivity index is 1.74. The molecule has 0 radical (unpaired) electrons. The lowest BCUT2D eigenvalue weighted by molar-refractivity contribution is 0.0996. The van der Waals surface area contributed by atoms with Gasteiger partial charge in [-0.15, -0.1) is 0 Å². The highest BCUT2D eigenvalue weighted by Gasteiger charge is 2.13. The van der Waals surface area contributed by atoms with Crippen LogP contribution in [0, 0.1) is 13.8 Å². The lowest BCUT2D eigenvalue weighted by atomic mass is 9.96. The number of aryl methyl sites for hydroxylation is 4. The van der Waals surface area contributed by atoms with Gasteiger partial charge in [0.25, 0.3) is 5.91 Å². The van der Waals surface area contributed by atoms with E-state index in [-0.39, 0.29) is 5.69 Å². The van der Waals surface area contributed by atoms with Gasteiger partial charge in [-0.05, 0) is 78.8 Å².